The molecule has 1 aliphatic heterocycles. The summed E-state index contributed by atoms with van der Waals surface area (Å²) >= 11 is 7.35. The summed E-state index contributed by atoms with van der Waals surface area (Å²) in [6, 6.07) is 28.2. The fourth-order valence-electron chi connectivity index (χ4n) is 5.01. The smallest absolute Gasteiger partial charge is 0.255 e. The number of thioether (sulfide) groups is 1. The van der Waals surface area contributed by atoms with E-state index in [0.717, 1.165) is 11.1 Å². The van der Waals surface area contributed by atoms with E-state index in [2.05, 4.69) is 15.6 Å². The predicted octanol–water partition coefficient (Wildman–Crippen LogP) is 7.88. The first-order valence-corrected chi connectivity index (χ1v) is 15.5. The minimum atomic E-state index is -0.648. The van der Waals surface area contributed by atoms with Crippen LogP contribution in [0.25, 0.3) is 0 Å². The quantitative estimate of drug-likeness (QED) is 0.150. The topological polar surface area (TPSA) is 90.3 Å². The molecule has 0 aliphatic carbocycles. The summed E-state index contributed by atoms with van der Waals surface area (Å²) in [5.74, 6) is 1.36. The van der Waals surface area contributed by atoms with E-state index in [4.69, 9.17) is 26.2 Å². The number of benzene rings is 4. The third-order valence-corrected chi connectivity index (χ3v) is 8.38. The summed E-state index contributed by atoms with van der Waals surface area (Å²) in [6.45, 7) is 2.17. The third-order valence-electron chi connectivity index (χ3n) is 7.24. The first-order chi connectivity index (χ1) is 21.9. The monoisotopic (exact) mass is 641 g/mol. The number of carbonyl (C=O) groups excluding carboxylic acids is 1. The SMILES string of the molecule is COc1ccccc1NC(=O)C1=C(C)Nc2nc(SCc3ccccc3F)nn2C1c1cccc(OCc2ccc(Cl)cc2)c1. The minimum Gasteiger partial charge on any atom is -0.495 e. The second kappa shape index (κ2) is 13.5. The molecule has 1 amide bonds. The first kappa shape index (κ1) is 30.2. The first-order valence-electron chi connectivity index (χ1n) is 14.1. The van der Waals surface area contributed by atoms with E-state index in [-0.39, 0.29) is 11.7 Å². The second-order valence-electron chi connectivity index (χ2n) is 10.3. The number of ether oxygens (including phenoxy) is 2. The Bertz CT molecular complexity index is 1880. The molecule has 0 spiro atoms. The van der Waals surface area contributed by atoms with Gasteiger partial charge in [0, 0.05) is 16.5 Å². The number of nitrogens with zero attached hydrogens (tertiary/aromatic N) is 3. The van der Waals surface area contributed by atoms with Gasteiger partial charge in [0.1, 0.15) is 30.0 Å². The molecule has 228 valence electrons. The lowest BCUT2D eigenvalue weighted by Crippen LogP contribution is -2.31. The van der Waals surface area contributed by atoms with Crippen molar-refractivity contribution in [2.45, 2.75) is 30.5 Å². The zero-order chi connectivity index (χ0) is 31.3. The molecule has 5 aromatic rings. The second-order valence-corrected chi connectivity index (χ2v) is 11.6. The van der Waals surface area contributed by atoms with Crippen LogP contribution in [0.3, 0.4) is 0 Å². The van der Waals surface area contributed by atoms with Crippen LogP contribution in [0.1, 0.15) is 29.7 Å². The summed E-state index contributed by atoms with van der Waals surface area (Å²) in [6.07, 6.45) is 0. The highest BCUT2D eigenvalue weighted by atomic mass is 35.5. The molecule has 1 aliphatic rings. The Morgan fingerprint density at radius 2 is 1.82 bits per heavy atom. The van der Waals surface area contributed by atoms with Gasteiger partial charge in [-0.25, -0.2) is 9.07 Å². The number of anilines is 2. The van der Waals surface area contributed by atoms with Crippen LogP contribution in [0, 0.1) is 5.82 Å². The van der Waals surface area contributed by atoms with E-state index in [1.165, 1.54) is 17.8 Å². The van der Waals surface area contributed by atoms with Crippen molar-refractivity contribution in [3.05, 3.63) is 136 Å². The Balaban J connectivity index is 1.34. The average Bonchev–Trinajstić information content (AvgIpc) is 3.46. The summed E-state index contributed by atoms with van der Waals surface area (Å²) < 4.78 is 27.6. The van der Waals surface area contributed by atoms with Gasteiger partial charge in [0.05, 0.1) is 18.4 Å². The number of para-hydroxylation sites is 2. The molecular weight excluding hydrogens is 613 g/mol. The Morgan fingerprint density at radius 1 is 1.04 bits per heavy atom. The minimum absolute atomic E-state index is 0.284. The lowest BCUT2D eigenvalue weighted by Gasteiger charge is -2.29. The highest BCUT2D eigenvalue weighted by Crippen LogP contribution is 2.38. The molecule has 1 aromatic heterocycles. The number of allylic oxidation sites excluding steroid dienone is 1. The molecule has 1 atom stereocenters. The van der Waals surface area contributed by atoms with Crippen molar-refractivity contribution < 1.29 is 18.7 Å². The number of nitrogens with one attached hydrogen (secondary N) is 2. The Labute approximate surface area is 269 Å². The Morgan fingerprint density at radius 3 is 2.62 bits per heavy atom. The molecule has 45 heavy (non-hydrogen) atoms. The maximum atomic E-state index is 14.3. The summed E-state index contributed by atoms with van der Waals surface area (Å²) in [7, 11) is 1.55. The van der Waals surface area contributed by atoms with Gasteiger partial charge in [0.2, 0.25) is 11.1 Å². The number of aromatic nitrogens is 3. The van der Waals surface area contributed by atoms with Gasteiger partial charge >= 0.3 is 0 Å². The Kier molecular flexibility index (Phi) is 9.04. The van der Waals surface area contributed by atoms with Gasteiger partial charge in [-0.15, -0.1) is 5.10 Å². The van der Waals surface area contributed by atoms with Gasteiger partial charge in [-0.1, -0.05) is 78.0 Å². The molecule has 6 rings (SSSR count). The van der Waals surface area contributed by atoms with Gasteiger partial charge in [-0.05, 0) is 66.1 Å². The predicted molar refractivity (Wildman–Crippen MR) is 174 cm³/mol. The summed E-state index contributed by atoms with van der Waals surface area (Å²) in [5, 5.41) is 12.1. The van der Waals surface area contributed by atoms with Crippen molar-refractivity contribution in [3.63, 3.8) is 0 Å². The van der Waals surface area contributed by atoms with Crippen LogP contribution < -0.4 is 20.1 Å². The highest BCUT2D eigenvalue weighted by molar-refractivity contribution is 7.98. The van der Waals surface area contributed by atoms with Gasteiger partial charge in [0.25, 0.3) is 5.91 Å². The number of fused-ring (bicyclic) bond motifs is 1. The van der Waals surface area contributed by atoms with Crippen LogP contribution >= 0.6 is 23.4 Å². The average molecular weight is 642 g/mol. The van der Waals surface area contributed by atoms with E-state index < -0.39 is 6.04 Å². The van der Waals surface area contributed by atoms with Crippen LogP contribution in [0.5, 0.6) is 11.5 Å². The number of carbonyl (C=O) groups is 1. The van der Waals surface area contributed by atoms with Crippen LogP contribution in [0.15, 0.2) is 113 Å². The number of hydrogen-bond donors (Lipinski definition) is 2. The molecule has 0 radical (unpaired) electrons. The number of hydrogen-bond acceptors (Lipinski definition) is 7. The lowest BCUT2D eigenvalue weighted by molar-refractivity contribution is -0.113. The number of rotatable bonds is 10. The standard InChI is InChI=1S/C34H29ClFN5O3S/c1-21-30(32(42)38-28-12-5-6-13-29(28)43-2)31(23-9-7-10-26(18-23)44-19-22-14-16-25(35)17-15-22)41-33(37-21)39-34(40-41)45-20-24-8-3-4-11-27(24)36/h3-18,31H,19-20H2,1-2H3,(H,38,42)(H,37,39,40). The van der Waals surface area contributed by atoms with E-state index >= 15 is 0 Å². The van der Waals surface area contributed by atoms with E-state index in [1.807, 2.05) is 67.6 Å². The fraction of sp³-hybridized carbons (Fsp3) is 0.147. The molecular formula is C34H29ClFN5O3S. The van der Waals surface area contributed by atoms with Crippen LogP contribution in [0.4, 0.5) is 16.0 Å². The van der Waals surface area contributed by atoms with Crippen molar-refractivity contribution in [2.24, 2.45) is 0 Å². The summed E-state index contributed by atoms with van der Waals surface area (Å²) in [5.41, 5.74) is 3.89. The number of amides is 1. The highest BCUT2D eigenvalue weighted by Gasteiger charge is 2.35. The van der Waals surface area contributed by atoms with E-state index in [1.54, 1.807) is 42.1 Å². The van der Waals surface area contributed by atoms with Crippen molar-refractivity contribution >= 4 is 40.9 Å². The molecule has 8 nitrogen and oxygen atoms in total. The van der Waals surface area contributed by atoms with Crippen LogP contribution in [0.2, 0.25) is 5.02 Å². The molecule has 0 saturated carbocycles. The van der Waals surface area contributed by atoms with Crippen molar-refractivity contribution in [3.8, 4) is 11.5 Å². The third kappa shape index (κ3) is 6.82. The van der Waals surface area contributed by atoms with Crippen LogP contribution in [-0.4, -0.2) is 27.8 Å². The van der Waals surface area contributed by atoms with Crippen molar-refractivity contribution in [1.29, 1.82) is 0 Å². The molecule has 4 aromatic carbocycles. The summed E-state index contributed by atoms with van der Waals surface area (Å²) in [4.78, 5) is 18.7. The number of methoxy groups -OCH3 is 1. The normalized spacial score (nSPS) is 14.0. The van der Waals surface area contributed by atoms with Gasteiger partial charge in [0.15, 0.2) is 0 Å². The zero-order valence-electron chi connectivity index (χ0n) is 24.5. The van der Waals surface area contributed by atoms with Crippen LogP contribution in [-0.2, 0) is 17.2 Å². The zero-order valence-corrected chi connectivity index (χ0v) is 26.0. The molecule has 2 heterocycles. The maximum Gasteiger partial charge on any atom is 0.255 e. The number of halogens is 2. The Hall–Kier alpha value is -4.80. The molecule has 0 bridgehead atoms. The van der Waals surface area contributed by atoms with Gasteiger partial charge in [-0.2, -0.15) is 4.98 Å². The molecule has 11 heteroatoms. The molecule has 1 unspecified atom stereocenters. The largest absolute Gasteiger partial charge is 0.495 e. The van der Waals surface area contributed by atoms with Gasteiger partial charge in [-0.3, -0.25) is 4.79 Å². The maximum absolute atomic E-state index is 14.3. The van der Waals surface area contributed by atoms with Gasteiger partial charge < -0.3 is 20.1 Å². The molecule has 0 fully saturated rings. The van der Waals surface area contributed by atoms with Crippen molar-refractivity contribution in [1.82, 2.24) is 14.8 Å². The van der Waals surface area contributed by atoms with E-state index in [0.29, 0.717) is 62.5 Å². The lowest BCUT2D eigenvalue weighted by atomic mass is 9.94. The van der Waals surface area contributed by atoms with Crippen molar-refractivity contribution in [2.75, 3.05) is 17.7 Å². The molecule has 2 N–H and O–H groups in total. The molecule has 0 saturated heterocycles. The van der Waals surface area contributed by atoms with E-state index in [9.17, 15) is 9.18 Å². The fourth-order valence-corrected chi connectivity index (χ4v) is 5.95.